The van der Waals surface area contributed by atoms with Gasteiger partial charge in [-0.3, -0.25) is 4.90 Å². The van der Waals surface area contributed by atoms with Crippen LogP contribution in [0.2, 0.25) is 0 Å². The van der Waals surface area contributed by atoms with Gasteiger partial charge in [-0.05, 0) is 24.7 Å². The van der Waals surface area contributed by atoms with Crippen LogP contribution in [-0.4, -0.2) is 30.6 Å². The molecule has 1 spiro atoms. The smallest absolute Gasteiger partial charge is 0.0216 e. The van der Waals surface area contributed by atoms with Crippen LogP contribution in [0.4, 0.5) is 0 Å². The van der Waals surface area contributed by atoms with Crippen LogP contribution in [0, 0.1) is 5.41 Å². The Hall–Kier alpha value is -0.0800. The minimum Gasteiger partial charge on any atom is -0.329 e. The van der Waals surface area contributed by atoms with Gasteiger partial charge in [0, 0.05) is 25.7 Å². The van der Waals surface area contributed by atoms with Crippen molar-refractivity contribution in [3.8, 4) is 0 Å². The van der Waals surface area contributed by atoms with E-state index in [1.807, 2.05) is 0 Å². The van der Waals surface area contributed by atoms with E-state index < -0.39 is 0 Å². The van der Waals surface area contributed by atoms with Crippen LogP contribution in [0.25, 0.3) is 0 Å². The van der Waals surface area contributed by atoms with Gasteiger partial charge in [-0.2, -0.15) is 0 Å². The highest BCUT2D eigenvalue weighted by molar-refractivity contribution is 5.02. The molecule has 2 fully saturated rings. The fourth-order valence-corrected chi connectivity index (χ4v) is 2.64. The Balaban J connectivity index is 1.79. The van der Waals surface area contributed by atoms with Gasteiger partial charge < -0.3 is 5.73 Å². The number of nitrogens with zero attached hydrogens (tertiary/aromatic N) is 1. The Morgan fingerprint density at radius 3 is 2.42 bits per heavy atom. The number of hydrogen-bond donors (Lipinski definition) is 1. The van der Waals surface area contributed by atoms with Gasteiger partial charge in [0.15, 0.2) is 0 Å². The molecule has 1 atom stereocenters. The summed E-state index contributed by atoms with van der Waals surface area (Å²) < 4.78 is 0. The normalized spacial score (nSPS) is 29.5. The number of rotatable bonds is 3. The van der Waals surface area contributed by atoms with E-state index in [4.69, 9.17) is 5.73 Å². The highest BCUT2D eigenvalue weighted by Gasteiger charge is 2.48. The molecule has 1 aliphatic heterocycles. The largest absolute Gasteiger partial charge is 0.329 e. The first kappa shape index (κ1) is 8.52. The van der Waals surface area contributed by atoms with Crippen LogP contribution >= 0.6 is 0 Å². The first-order valence-electron chi connectivity index (χ1n) is 5.24. The van der Waals surface area contributed by atoms with Crippen molar-refractivity contribution in [1.82, 2.24) is 4.90 Å². The topological polar surface area (TPSA) is 29.3 Å². The van der Waals surface area contributed by atoms with E-state index in [1.54, 1.807) is 0 Å². The first-order valence-corrected chi connectivity index (χ1v) is 5.24. The van der Waals surface area contributed by atoms with E-state index in [9.17, 15) is 0 Å². The van der Waals surface area contributed by atoms with Gasteiger partial charge in [0.2, 0.25) is 0 Å². The van der Waals surface area contributed by atoms with Crippen LogP contribution in [0.15, 0.2) is 0 Å². The molecule has 2 rings (SSSR count). The molecular weight excluding hydrogens is 148 g/mol. The third kappa shape index (κ3) is 1.17. The van der Waals surface area contributed by atoms with Gasteiger partial charge in [-0.15, -0.1) is 0 Å². The maximum atomic E-state index is 5.70. The quantitative estimate of drug-likeness (QED) is 0.686. The average Bonchev–Trinajstić information content (AvgIpc) is 1.91. The van der Waals surface area contributed by atoms with E-state index >= 15 is 0 Å². The second-order valence-electron chi connectivity index (χ2n) is 4.56. The van der Waals surface area contributed by atoms with Gasteiger partial charge in [-0.1, -0.05) is 13.3 Å². The molecule has 2 nitrogen and oxygen atoms in total. The third-order valence-corrected chi connectivity index (χ3v) is 3.75. The zero-order valence-electron chi connectivity index (χ0n) is 8.05. The lowest BCUT2D eigenvalue weighted by Gasteiger charge is -2.58. The van der Waals surface area contributed by atoms with Crippen molar-refractivity contribution >= 4 is 0 Å². The Bertz CT molecular complexity index is 151. The molecule has 0 aromatic carbocycles. The summed E-state index contributed by atoms with van der Waals surface area (Å²) in [6.07, 6.45) is 5.63. The second kappa shape index (κ2) is 3.00. The molecule has 2 aliphatic rings. The molecule has 0 aromatic rings. The molecule has 0 amide bonds. The fourth-order valence-electron chi connectivity index (χ4n) is 2.64. The Morgan fingerprint density at radius 2 is 2.08 bits per heavy atom. The van der Waals surface area contributed by atoms with Gasteiger partial charge in [0.1, 0.15) is 0 Å². The maximum absolute atomic E-state index is 5.70. The minimum atomic E-state index is 0.663. The van der Waals surface area contributed by atoms with Gasteiger partial charge >= 0.3 is 0 Å². The average molecular weight is 168 g/mol. The van der Waals surface area contributed by atoms with Crippen LogP contribution in [0.5, 0.6) is 0 Å². The maximum Gasteiger partial charge on any atom is 0.0216 e. The lowest BCUT2D eigenvalue weighted by Crippen LogP contribution is -2.63. The summed E-state index contributed by atoms with van der Waals surface area (Å²) in [6.45, 7) is 5.75. The molecule has 1 saturated carbocycles. The van der Waals surface area contributed by atoms with Crippen molar-refractivity contribution in [3.05, 3.63) is 0 Å². The predicted octanol–water partition coefficient (Wildman–Crippen LogP) is 1.21. The molecule has 1 saturated heterocycles. The predicted molar refractivity (Wildman–Crippen MR) is 51.0 cm³/mol. The zero-order valence-corrected chi connectivity index (χ0v) is 8.05. The highest BCUT2D eigenvalue weighted by atomic mass is 15.2. The SMILES string of the molecule is CCC(CN)N1CC2(CCC2)C1. The molecule has 12 heavy (non-hydrogen) atoms. The van der Waals surface area contributed by atoms with E-state index in [0.717, 1.165) is 12.0 Å². The van der Waals surface area contributed by atoms with Crippen LogP contribution in [0.3, 0.4) is 0 Å². The van der Waals surface area contributed by atoms with E-state index in [-0.39, 0.29) is 0 Å². The Labute approximate surface area is 75.1 Å². The monoisotopic (exact) mass is 168 g/mol. The summed E-state index contributed by atoms with van der Waals surface area (Å²) in [6, 6.07) is 0.663. The van der Waals surface area contributed by atoms with Crippen molar-refractivity contribution in [2.75, 3.05) is 19.6 Å². The van der Waals surface area contributed by atoms with Crippen molar-refractivity contribution in [2.24, 2.45) is 11.1 Å². The molecular formula is C10H20N2. The lowest BCUT2D eigenvalue weighted by atomic mass is 9.63. The lowest BCUT2D eigenvalue weighted by molar-refractivity contribution is -0.0816. The van der Waals surface area contributed by atoms with Crippen LogP contribution in [-0.2, 0) is 0 Å². The van der Waals surface area contributed by atoms with Crippen molar-refractivity contribution < 1.29 is 0 Å². The molecule has 0 bridgehead atoms. The minimum absolute atomic E-state index is 0.663. The van der Waals surface area contributed by atoms with Gasteiger partial charge in [-0.25, -0.2) is 0 Å². The van der Waals surface area contributed by atoms with E-state index in [2.05, 4.69) is 11.8 Å². The summed E-state index contributed by atoms with van der Waals surface area (Å²) >= 11 is 0. The van der Waals surface area contributed by atoms with Crippen molar-refractivity contribution in [3.63, 3.8) is 0 Å². The molecule has 2 N–H and O–H groups in total. The summed E-state index contributed by atoms with van der Waals surface area (Å²) in [7, 11) is 0. The molecule has 1 unspecified atom stereocenters. The molecule has 1 heterocycles. The summed E-state index contributed by atoms with van der Waals surface area (Å²) in [4.78, 5) is 2.57. The molecule has 0 radical (unpaired) electrons. The van der Waals surface area contributed by atoms with E-state index in [1.165, 1.54) is 38.8 Å². The Kier molecular flexibility index (Phi) is 2.13. The molecule has 0 aromatic heterocycles. The zero-order chi connectivity index (χ0) is 8.60. The second-order valence-corrected chi connectivity index (χ2v) is 4.56. The summed E-state index contributed by atoms with van der Waals surface area (Å²) in [5.74, 6) is 0. The van der Waals surface area contributed by atoms with Gasteiger partial charge in [0.05, 0.1) is 0 Å². The fraction of sp³-hybridized carbons (Fsp3) is 1.00. The first-order chi connectivity index (χ1) is 5.79. The van der Waals surface area contributed by atoms with Crippen LogP contribution in [0.1, 0.15) is 32.6 Å². The molecule has 2 heteroatoms. The number of nitrogens with two attached hydrogens (primary N) is 1. The number of hydrogen-bond acceptors (Lipinski definition) is 2. The highest BCUT2D eigenvalue weighted by Crippen LogP contribution is 2.48. The van der Waals surface area contributed by atoms with Crippen LogP contribution < -0.4 is 5.73 Å². The summed E-state index contributed by atoms with van der Waals surface area (Å²) in [5, 5.41) is 0. The third-order valence-electron chi connectivity index (χ3n) is 3.75. The summed E-state index contributed by atoms with van der Waals surface area (Å²) in [5.41, 5.74) is 6.47. The number of likely N-dealkylation sites (tertiary alicyclic amines) is 1. The van der Waals surface area contributed by atoms with Crippen molar-refractivity contribution in [1.29, 1.82) is 0 Å². The van der Waals surface area contributed by atoms with Crippen molar-refractivity contribution in [2.45, 2.75) is 38.6 Å². The van der Waals surface area contributed by atoms with E-state index in [0.29, 0.717) is 6.04 Å². The molecule has 1 aliphatic carbocycles. The van der Waals surface area contributed by atoms with Gasteiger partial charge in [0.25, 0.3) is 0 Å². The standard InChI is InChI=1S/C10H20N2/c1-2-9(6-11)12-7-10(8-12)4-3-5-10/h9H,2-8,11H2,1H3. The Morgan fingerprint density at radius 1 is 1.42 bits per heavy atom. The molecule has 70 valence electrons.